The van der Waals surface area contributed by atoms with Crippen molar-refractivity contribution in [2.24, 2.45) is 7.05 Å². The van der Waals surface area contributed by atoms with E-state index in [1.807, 2.05) is 30.8 Å². The number of rotatable bonds is 4. The molecule has 0 spiro atoms. The molecule has 1 aliphatic rings. The van der Waals surface area contributed by atoms with E-state index in [-0.39, 0.29) is 6.10 Å². The lowest BCUT2D eigenvalue weighted by Crippen LogP contribution is -2.30. The second-order valence-corrected chi connectivity index (χ2v) is 5.95. The van der Waals surface area contributed by atoms with Gasteiger partial charge in [0.05, 0.1) is 15.9 Å². The van der Waals surface area contributed by atoms with Gasteiger partial charge in [-0.15, -0.1) is 0 Å². The molecule has 0 fully saturated rings. The molecule has 0 radical (unpaired) electrons. The Balaban J connectivity index is 1.55. The number of aromatic nitrogens is 2. The van der Waals surface area contributed by atoms with Crippen molar-refractivity contribution in [2.75, 3.05) is 6.54 Å². The molecule has 0 amide bonds. The Bertz CT molecular complexity index is 599. The predicted molar refractivity (Wildman–Crippen MR) is 81.9 cm³/mol. The predicted octanol–water partition coefficient (Wildman–Crippen LogP) is 2.58. The molecular weight excluding hydrogens is 318 g/mol. The number of para-hydroxylation sites is 1. The highest BCUT2D eigenvalue weighted by Crippen LogP contribution is 2.27. The molecule has 20 heavy (non-hydrogen) atoms. The van der Waals surface area contributed by atoms with Gasteiger partial charge in [-0.1, -0.05) is 18.2 Å². The second kappa shape index (κ2) is 5.58. The summed E-state index contributed by atoms with van der Waals surface area (Å²) >= 11 is 3.58. The van der Waals surface area contributed by atoms with E-state index < -0.39 is 0 Å². The summed E-state index contributed by atoms with van der Waals surface area (Å²) < 4.78 is 8.91. The van der Waals surface area contributed by atoms with Crippen LogP contribution in [0.2, 0.25) is 0 Å². The molecule has 106 valence electrons. The van der Waals surface area contributed by atoms with Gasteiger partial charge in [0.1, 0.15) is 11.9 Å². The van der Waals surface area contributed by atoms with Crippen LogP contribution in [0.5, 0.6) is 5.75 Å². The van der Waals surface area contributed by atoms with Crippen molar-refractivity contribution in [1.82, 2.24) is 15.1 Å². The second-order valence-electron chi connectivity index (χ2n) is 5.15. The third kappa shape index (κ3) is 2.60. The van der Waals surface area contributed by atoms with E-state index >= 15 is 0 Å². The van der Waals surface area contributed by atoms with Crippen molar-refractivity contribution in [3.05, 3.63) is 45.7 Å². The fraction of sp³-hybridized carbons (Fsp3) is 0.400. The van der Waals surface area contributed by atoms with Crippen LogP contribution < -0.4 is 10.1 Å². The van der Waals surface area contributed by atoms with E-state index in [0.29, 0.717) is 0 Å². The summed E-state index contributed by atoms with van der Waals surface area (Å²) in [6.45, 7) is 3.63. The maximum absolute atomic E-state index is 5.91. The minimum atomic E-state index is 0.223. The van der Waals surface area contributed by atoms with Crippen LogP contribution in [0.1, 0.15) is 17.0 Å². The first-order valence-electron chi connectivity index (χ1n) is 6.78. The summed E-state index contributed by atoms with van der Waals surface area (Å²) in [4.78, 5) is 0. The normalized spacial score (nSPS) is 17.1. The zero-order valence-corrected chi connectivity index (χ0v) is 13.3. The van der Waals surface area contributed by atoms with E-state index in [1.54, 1.807) is 0 Å². The molecule has 1 N–H and O–H groups in total. The van der Waals surface area contributed by atoms with Gasteiger partial charge in [-0.25, -0.2) is 0 Å². The molecule has 5 heteroatoms. The Morgan fingerprint density at radius 3 is 2.95 bits per heavy atom. The molecule has 2 heterocycles. The van der Waals surface area contributed by atoms with Gasteiger partial charge in [-0.2, -0.15) is 5.10 Å². The van der Waals surface area contributed by atoms with Crippen LogP contribution in [-0.4, -0.2) is 22.4 Å². The monoisotopic (exact) mass is 335 g/mol. The van der Waals surface area contributed by atoms with Crippen molar-refractivity contribution in [3.63, 3.8) is 0 Å². The summed E-state index contributed by atoms with van der Waals surface area (Å²) in [7, 11) is 1.97. The number of halogens is 1. The van der Waals surface area contributed by atoms with E-state index in [2.05, 4.69) is 38.5 Å². The Morgan fingerprint density at radius 1 is 1.45 bits per heavy atom. The number of fused-ring (bicyclic) bond motifs is 1. The molecule has 4 nitrogen and oxygen atoms in total. The molecule has 1 aromatic heterocycles. The van der Waals surface area contributed by atoms with Gasteiger partial charge >= 0.3 is 0 Å². The van der Waals surface area contributed by atoms with Gasteiger partial charge in [0.25, 0.3) is 0 Å². The Morgan fingerprint density at radius 2 is 2.25 bits per heavy atom. The van der Waals surface area contributed by atoms with Crippen LogP contribution >= 0.6 is 15.9 Å². The highest BCUT2D eigenvalue weighted by molar-refractivity contribution is 9.10. The first kappa shape index (κ1) is 13.6. The highest BCUT2D eigenvalue weighted by atomic mass is 79.9. The zero-order valence-electron chi connectivity index (χ0n) is 11.7. The van der Waals surface area contributed by atoms with E-state index in [4.69, 9.17) is 4.74 Å². The first-order valence-corrected chi connectivity index (χ1v) is 7.57. The fourth-order valence-corrected chi connectivity index (χ4v) is 3.07. The maximum Gasteiger partial charge on any atom is 0.123 e. The van der Waals surface area contributed by atoms with Crippen LogP contribution in [-0.2, 0) is 20.0 Å². The minimum absolute atomic E-state index is 0.223. The van der Waals surface area contributed by atoms with Crippen molar-refractivity contribution in [1.29, 1.82) is 0 Å². The van der Waals surface area contributed by atoms with Gasteiger partial charge in [0.15, 0.2) is 0 Å². The fourth-order valence-electron chi connectivity index (χ4n) is 2.59. The molecule has 0 saturated carbocycles. The average Bonchev–Trinajstić information content (AvgIpc) is 2.94. The number of aryl methyl sites for hydroxylation is 2. The van der Waals surface area contributed by atoms with Crippen molar-refractivity contribution in [2.45, 2.75) is 26.0 Å². The van der Waals surface area contributed by atoms with Crippen LogP contribution in [0.4, 0.5) is 0 Å². The average molecular weight is 336 g/mol. The quantitative estimate of drug-likeness (QED) is 0.933. The van der Waals surface area contributed by atoms with E-state index in [9.17, 15) is 0 Å². The molecule has 2 aromatic rings. The lowest BCUT2D eigenvalue weighted by Gasteiger charge is -2.12. The topological polar surface area (TPSA) is 39.1 Å². The Hall–Kier alpha value is -1.33. The Labute approximate surface area is 127 Å². The van der Waals surface area contributed by atoms with Gasteiger partial charge < -0.3 is 10.1 Å². The molecule has 3 rings (SSSR count). The van der Waals surface area contributed by atoms with Crippen molar-refractivity contribution in [3.8, 4) is 5.75 Å². The van der Waals surface area contributed by atoms with Gasteiger partial charge in [0, 0.05) is 26.6 Å². The summed E-state index contributed by atoms with van der Waals surface area (Å²) in [5, 5.41) is 7.85. The van der Waals surface area contributed by atoms with Crippen LogP contribution in [0.25, 0.3) is 0 Å². The van der Waals surface area contributed by atoms with Crippen LogP contribution in [0, 0.1) is 6.92 Å². The van der Waals surface area contributed by atoms with Crippen LogP contribution in [0.3, 0.4) is 0 Å². The van der Waals surface area contributed by atoms with Crippen molar-refractivity contribution < 1.29 is 4.74 Å². The molecule has 0 bridgehead atoms. The number of hydrogen-bond acceptors (Lipinski definition) is 3. The summed E-state index contributed by atoms with van der Waals surface area (Å²) in [5.41, 5.74) is 3.49. The molecule has 1 aliphatic heterocycles. The number of hydrogen-bond donors (Lipinski definition) is 1. The lowest BCUT2D eigenvalue weighted by atomic mass is 10.1. The van der Waals surface area contributed by atoms with Crippen molar-refractivity contribution >= 4 is 15.9 Å². The van der Waals surface area contributed by atoms with E-state index in [1.165, 1.54) is 5.56 Å². The van der Waals surface area contributed by atoms with E-state index in [0.717, 1.165) is 41.1 Å². The summed E-state index contributed by atoms with van der Waals surface area (Å²) in [5.74, 6) is 1.02. The molecular formula is C15H18BrN3O. The SMILES string of the molecule is Cc1nn(C)c(CNCC2Cc3ccccc3O2)c1Br. The highest BCUT2D eigenvalue weighted by Gasteiger charge is 2.22. The molecule has 1 aromatic carbocycles. The molecule has 0 saturated heterocycles. The zero-order chi connectivity index (χ0) is 14.1. The lowest BCUT2D eigenvalue weighted by molar-refractivity contribution is 0.227. The third-order valence-corrected chi connectivity index (χ3v) is 4.67. The minimum Gasteiger partial charge on any atom is -0.488 e. The Kier molecular flexibility index (Phi) is 3.81. The number of ether oxygens (including phenoxy) is 1. The maximum atomic E-state index is 5.91. The molecule has 1 atom stereocenters. The van der Waals surface area contributed by atoms with Gasteiger partial charge in [-0.3, -0.25) is 4.68 Å². The first-order chi connectivity index (χ1) is 9.65. The van der Waals surface area contributed by atoms with Crippen LogP contribution in [0.15, 0.2) is 28.7 Å². The summed E-state index contributed by atoms with van der Waals surface area (Å²) in [6, 6.07) is 8.25. The van der Waals surface area contributed by atoms with Gasteiger partial charge in [-0.05, 0) is 34.5 Å². The number of benzene rings is 1. The number of nitrogens with zero attached hydrogens (tertiary/aromatic N) is 2. The summed E-state index contributed by atoms with van der Waals surface area (Å²) in [6.07, 6.45) is 1.20. The smallest absolute Gasteiger partial charge is 0.123 e. The largest absolute Gasteiger partial charge is 0.488 e. The third-order valence-electron chi connectivity index (χ3n) is 3.64. The molecule has 0 aliphatic carbocycles. The number of nitrogens with one attached hydrogen (secondary N) is 1. The standard InChI is InChI=1S/C15H18BrN3O/c1-10-15(16)13(19(2)18-10)9-17-8-12-7-11-5-3-4-6-14(11)20-12/h3-6,12,17H,7-9H2,1-2H3. The molecule has 1 unspecified atom stereocenters. The van der Waals surface area contributed by atoms with Gasteiger partial charge in [0.2, 0.25) is 0 Å².